The molecule has 2 atom stereocenters. The highest BCUT2D eigenvalue weighted by Crippen LogP contribution is 2.33. The molecule has 0 spiro atoms. The van der Waals surface area contributed by atoms with Crippen molar-refractivity contribution in [2.75, 3.05) is 0 Å². The lowest BCUT2D eigenvalue weighted by Gasteiger charge is -2.24. The third-order valence-electron chi connectivity index (χ3n) is 2.19. The second kappa shape index (κ2) is 2.50. The number of hydrogen-bond donors (Lipinski definition) is 0. The van der Waals surface area contributed by atoms with Crippen molar-refractivity contribution in [3.63, 3.8) is 0 Å². The van der Waals surface area contributed by atoms with Gasteiger partial charge in [-0.2, -0.15) is 0 Å². The average molecular weight is 156 g/mol. The van der Waals surface area contributed by atoms with Crippen molar-refractivity contribution >= 4 is 5.97 Å². The summed E-state index contributed by atoms with van der Waals surface area (Å²) in [6, 6.07) is 0. The first-order chi connectivity index (χ1) is 4.91. The standard InChI is InChI=1S/C9H16O2/c1-6-5-7(9(2,3)4)11-8(6)10/h6-7H,5H2,1-4H3/t6-,7-/m1/s1. The highest BCUT2D eigenvalue weighted by Gasteiger charge is 2.38. The molecule has 0 unspecified atom stereocenters. The summed E-state index contributed by atoms with van der Waals surface area (Å²) < 4.78 is 5.20. The summed E-state index contributed by atoms with van der Waals surface area (Å²) >= 11 is 0. The number of cyclic esters (lactones) is 1. The number of rotatable bonds is 0. The molecule has 2 nitrogen and oxygen atoms in total. The lowest BCUT2D eigenvalue weighted by molar-refractivity contribution is -0.147. The maximum Gasteiger partial charge on any atom is 0.309 e. The second-order valence-corrected chi connectivity index (χ2v) is 4.43. The van der Waals surface area contributed by atoms with Crippen LogP contribution in [0.25, 0.3) is 0 Å². The van der Waals surface area contributed by atoms with Gasteiger partial charge in [0, 0.05) is 0 Å². The predicted molar refractivity (Wildman–Crippen MR) is 43.1 cm³/mol. The van der Waals surface area contributed by atoms with Crippen molar-refractivity contribution in [1.82, 2.24) is 0 Å². The van der Waals surface area contributed by atoms with Gasteiger partial charge in [0.25, 0.3) is 0 Å². The molecule has 1 heterocycles. The Morgan fingerprint density at radius 1 is 1.45 bits per heavy atom. The van der Waals surface area contributed by atoms with Gasteiger partial charge in [0.2, 0.25) is 0 Å². The quantitative estimate of drug-likeness (QED) is 0.501. The number of ether oxygens (including phenoxy) is 1. The van der Waals surface area contributed by atoms with Crippen LogP contribution in [-0.2, 0) is 9.53 Å². The van der Waals surface area contributed by atoms with Gasteiger partial charge in [0.05, 0.1) is 5.92 Å². The third kappa shape index (κ3) is 1.73. The van der Waals surface area contributed by atoms with Gasteiger partial charge in [0.1, 0.15) is 6.10 Å². The zero-order valence-electron chi connectivity index (χ0n) is 7.68. The Labute approximate surface area is 67.9 Å². The highest BCUT2D eigenvalue weighted by molar-refractivity contribution is 5.74. The molecule has 0 saturated carbocycles. The van der Waals surface area contributed by atoms with Crippen LogP contribution in [0.3, 0.4) is 0 Å². The van der Waals surface area contributed by atoms with Gasteiger partial charge in [-0.1, -0.05) is 27.7 Å². The number of carbonyl (C=O) groups excluding carboxylic acids is 1. The maximum atomic E-state index is 11.0. The fourth-order valence-corrected chi connectivity index (χ4v) is 1.25. The molecule has 0 N–H and O–H groups in total. The topological polar surface area (TPSA) is 26.3 Å². The molecule has 2 heteroatoms. The van der Waals surface area contributed by atoms with Crippen molar-refractivity contribution in [2.24, 2.45) is 11.3 Å². The zero-order chi connectivity index (χ0) is 8.65. The molecule has 11 heavy (non-hydrogen) atoms. The van der Waals surface area contributed by atoms with Gasteiger partial charge in [-0.15, -0.1) is 0 Å². The molecule has 0 bridgehead atoms. The van der Waals surface area contributed by atoms with Crippen LogP contribution in [0.15, 0.2) is 0 Å². The first-order valence-corrected chi connectivity index (χ1v) is 4.12. The van der Waals surface area contributed by atoms with Gasteiger partial charge in [-0.3, -0.25) is 4.79 Å². The van der Waals surface area contributed by atoms with Gasteiger partial charge in [0.15, 0.2) is 0 Å². The van der Waals surface area contributed by atoms with Crippen LogP contribution in [0, 0.1) is 11.3 Å². The minimum atomic E-state index is -0.0371. The van der Waals surface area contributed by atoms with Crippen LogP contribution >= 0.6 is 0 Å². The number of hydrogen-bond acceptors (Lipinski definition) is 2. The van der Waals surface area contributed by atoms with Crippen molar-refractivity contribution in [3.8, 4) is 0 Å². The highest BCUT2D eigenvalue weighted by atomic mass is 16.6. The fourth-order valence-electron chi connectivity index (χ4n) is 1.25. The minimum absolute atomic E-state index is 0.0371. The molecule has 64 valence electrons. The Bertz CT molecular complexity index is 167. The third-order valence-corrected chi connectivity index (χ3v) is 2.19. The predicted octanol–water partition coefficient (Wildman–Crippen LogP) is 1.98. The molecule has 1 aliphatic heterocycles. The summed E-state index contributed by atoms with van der Waals surface area (Å²) in [7, 11) is 0. The molecule has 0 aromatic rings. The monoisotopic (exact) mass is 156 g/mol. The van der Waals surface area contributed by atoms with Crippen molar-refractivity contribution in [2.45, 2.75) is 40.2 Å². The molecule has 0 radical (unpaired) electrons. The van der Waals surface area contributed by atoms with Crippen LogP contribution in [-0.4, -0.2) is 12.1 Å². The first kappa shape index (κ1) is 8.57. The van der Waals surface area contributed by atoms with E-state index in [-0.39, 0.29) is 23.4 Å². The summed E-state index contributed by atoms with van der Waals surface area (Å²) in [6.45, 7) is 8.23. The molecule has 1 rings (SSSR count). The molecule has 1 saturated heterocycles. The van der Waals surface area contributed by atoms with Crippen LogP contribution in [0.4, 0.5) is 0 Å². The van der Waals surface area contributed by atoms with E-state index in [9.17, 15) is 4.79 Å². The van der Waals surface area contributed by atoms with E-state index >= 15 is 0 Å². The van der Waals surface area contributed by atoms with Gasteiger partial charge in [-0.25, -0.2) is 0 Å². The summed E-state index contributed by atoms with van der Waals surface area (Å²) in [6.07, 6.45) is 0.993. The lowest BCUT2D eigenvalue weighted by Crippen LogP contribution is -2.25. The van der Waals surface area contributed by atoms with E-state index < -0.39 is 0 Å². The van der Waals surface area contributed by atoms with E-state index in [0.29, 0.717) is 0 Å². The Kier molecular flexibility index (Phi) is 1.95. The van der Waals surface area contributed by atoms with Gasteiger partial charge < -0.3 is 4.74 Å². The molecule has 1 aliphatic rings. The van der Waals surface area contributed by atoms with Crippen LogP contribution in [0.2, 0.25) is 0 Å². The second-order valence-electron chi connectivity index (χ2n) is 4.43. The Hall–Kier alpha value is -0.530. The summed E-state index contributed by atoms with van der Waals surface area (Å²) in [4.78, 5) is 11.0. The fraction of sp³-hybridized carbons (Fsp3) is 0.889. The Morgan fingerprint density at radius 3 is 2.18 bits per heavy atom. The largest absolute Gasteiger partial charge is 0.462 e. The van der Waals surface area contributed by atoms with Crippen molar-refractivity contribution < 1.29 is 9.53 Å². The Balaban J connectivity index is 2.61. The first-order valence-electron chi connectivity index (χ1n) is 4.12. The number of carbonyl (C=O) groups is 1. The van der Waals surface area contributed by atoms with E-state index in [1.54, 1.807) is 0 Å². The lowest BCUT2D eigenvalue weighted by atomic mass is 9.86. The van der Waals surface area contributed by atoms with Crippen LogP contribution < -0.4 is 0 Å². The van der Waals surface area contributed by atoms with Gasteiger partial charge in [-0.05, 0) is 11.8 Å². The average Bonchev–Trinajstić information content (AvgIpc) is 2.11. The van der Waals surface area contributed by atoms with E-state index in [1.807, 2.05) is 6.92 Å². The molecule has 0 amide bonds. The molecular formula is C9H16O2. The van der Waals surface area contributed by atoms with Crippen molar-refractivity contribution in [1.29, 1.82) is 0 Å². The van der Waals surface area contributed by atoms with Crippen LogP contribution in [0.1, 0.15) is 34.1 Å². The van der Waals surface area contributed by atoms with Crippen molar-refractivity contribution in [3.05, 3.63) is 0 Å². The Morgan fingerprint density at radius 2 is 2.00 bits per heavy atom. The molecular weight excluding hydrogens is 140 g/mol. The molecule has 0 aliphatic carbocycles. The molecule has 0 aromatic carbocycles. The SMILES string of the molecule is C[C@@H]1C[C@H](C(C)(C)C)OC1=O. The summed E-state index contributed by atoms with van der Waals surface area (Å²) in [5.41, 5.74) is 0.0976. The van der Waals surface area contributed by atoms with Crippen LogP contribution in [0.5, 0.6) is 0 Å². The van der Waals surface area contributed by atoms with E-state index in [2.05, 4.69) is 20.8 Å². The van der Waals surface area contributed by atoms with E-state index in [4.69, 9.17) is 4.74 Å². The maximum absolute atomic E-state index is 11.0. The number of esters is 1. The van der Waals surface area contributed by atoms with Gasteiger partial charge >= 0.3 is 5.97 Å². The van der Waals surface area contributed by atoms with E-state index in [1.165, 1.54) is 0 Å². The van der Waals surface area contributed by atoms with E-state index in [0.717, 1.165) is 6.42 Å². The normalized spacial score (nSPS) is 32.2. The summed E-state index contributed by atoms with van der Waals surface area (Å²) in [5, 5.41) is 0. The molecule has 1 fully saturated rings. The molecule has 0 aromatic heterocycles. The minimum Gasteiger partial charge on any atom is -0.462 e. The zero-order valence-corrected chi connectivity index (χ0v) is 7.68. The smallest absolute Gasteiger partial charge is 0.309 e. The summed E-state index contributed by atoms with van der Waals surface area (Å²) in [5.74, 6) is 0.0594.